The van der Waals surface area contributed by atoms with Crippen molar-refractivity contribution in [3.8, 4) is 17.2 Å². The molecule has 1 aliphatic heterocycles. The Hall–Kier alpha value is -3.22. The van der Waals surface area contributed by atoms with Gasteiger partial charge >= 0.3 is 6.09 Å². The van der Waals surface area contributed by atoms with E-state index < -0.39 is 18.2 Å². The maximum atomic E-state index is 12.5. The molecule has 1 saturated heterocycles. The van der Waals surface area contributed by atoms with E-state index in [0.29, 0.717) is 27.8 Å². The molecule has 3 aromatic carbocycles. The first kappa shape index (κ1) is 19.1. The number of carbonyl (C=O) groups is 1. The number of ether oxygens (including phenoxy) is 2. The summed E-state index contributed by atoms with van der Waals surface area (Å²) in [7, 11) is 0. The summed E-state index contributed by atoms with van der Waals surface area (Å²) in [6.07, 6.45) is -1.31. The Morgan fingerprint density at radius 3 is 2.28 bits per heavy atom. The second-order valence-electron chi connectivity index (χ2n) is 6.56. The van der Waals surface area contributed by atoms with Gasteiger partial charge in [-0.1, -0.05) is 23.7 Å². The minimum Gasteiger partial charge on any atom is -0.508 e. The summed E-state index contributed by atoms with van der Waals surface area (Å²) in [5, 5.41) is 20.1. The molecule has 7 heteroatoms. The van der Waals surface area contributed by atoms with E-state index in [9.17, 15) is 15.0 Å². The van der Waals surface area contributed by atoms with E-state index >= 15 is 0 Å². The predicted octanol–water partition coefficient (Wildman–Crippen LogP) is 4.90. The van der Waals surface area contributed by atoms with Gasteiger partial charge < -0.3 is 19.7 Å². The first-order valence-corrected chi connectivity index (χ1v) is 9.36. The summed E-state index contributed by atoms with van der Waals surface area (Å²) >= 11 is 5.88. The zero-order valence-electron chi connectivity index (χ0n) is 15.2. The molecular formula is C22H18ClNO5. The molecule has 0 aliphatic carbocycles. The van der Waals surface area contributed by atoms with Gasteiger partial charge in [0, 0.05) is 10.7 Å². The highest BCUT2D eigenvalue weighted by Crippen LogP contribution is 2.39. The van der Waals surface area contributed by atoms with Crippen LogP contribution in [0.1, 0.15) is 11.6 Å². The second-order valence-corrected chi connectivity index (χ2v) is 7.00. The second kappa shape index (κ2) is 8.03. The van der Waals surface area contributed by atoms with Gasteiger partial charge in [0.25, 0.3) is 0 Å². The standard InChI is InChI=1S/C22H18ClNO5/c23-15-4-8-18(9-5-15)28-19-10-6-16(7-11-19)24-21(20(13-25)29-22(24)27)14-2-1-3-17(26)12-14/h1-12,20-21,25-26H,13H2/t20-,21-/m0/s1. The number of cyclic esters (lactones) is 1. The highest BCUT2D eigenvalue weighted by Gasteiger charge is 2.43. The number of hydrogen-bond acceptors (Lipinski definition) is 5. The summed E-state index contributed by atoms with van der Waals surface area (Å²) < 4.78 is 11.1. The molecule has 6 nitrogen and oxygen atoms in total. The zero-order valence-corrected chi connectivity index (χ0v) is 16.0. The Bertz CT molecular complexity index is 1010. The fraction of sp³-hybridized carbons (Fsp3) is 0.136. The van der Waals surface area contributed by atoms with Gasteiger partial charge in [-0.05, 0) is 66.2 Å². The van der Waals surface area contributed by atoms with E-state index in [1.165, 1.54) is 4.90 Å². The first-order chi connectivity index (χ1) is 14.0. The topological polar surface area (TPSA) is 79.2 Å². The molecule has 0 saturated carbocycles. The van der Waals surface area contributed by atoms with Gasteiger partial charge in [0.05, 0.1) is 6.61 Å². The first-order valence-electron chi connectivity index (χ1n) is 8.98. The number of amides is 1. The van der Waals surface area contributed by atoms with Crippen molar-refractivity contribution in [2.45, 2.75) is 12.1 Å². The molecule has 0 unspecified atom stereocenters. The molecule has 0 spiro atoms. The van der Waals surface area contributed by atoms with E-state index in [2.05, 4.69) is 0 Å². The largest absolute Gasteiger partial charge is 0.508 e. The lowest BCUT2D eigenvalue weighted by Crippen LogP contribution is -2.30. The minimum atomic E-state index is -0.741. The number of benzene rings is 3. The van der Waals surface area contributed by atoms with E-state index in [4.69, 9.17) is 21.1 Å². The van der Waals surface area contributed by atoms with Crippen LogP contribution in [0.3, 0.4) is 0 Å². The molecule has 2 N–H and O–H groups in total. The van der Waals surface area contributed by atoms with Gasteiger partial charge in [0.15, 0.2) is 6.10 Å². The van der Waals surface area contributed by atoms with Crippen LogP contribution in [-0.4, -0.2) is 29.0 Å². The minimum absolute atomic E-state index is 0.0743. The van der Waals surface area contributed by atoms with Gasteiger partial charge in [0.1, 0.15) is 23.3 Å². The third-order valence-corrected chi connectivity index (χ3v) is 4.89. The van der Waals surface area contributed by atoms with E-state index in [0.717, 1.165) is 0 Å². The van der Waals surface area contributed by atoms with Gasteiger partial charge in [0.2, 0.25) is 0 Å². The van der Waals surface area contributed by atoms with E-state index in [1.807, 2.05) is 0 Å². The molecule has 0 bridgehead atoms. The Labute approximate surface area is 172 Å². The number of aliphatic hydroxyl groups is 1. The SMILES string of the molecule is O=C1O[C@@H](CO)[C@H](c2cccc(O)c2)N1c1ccc(Oc2ccc(Cl)cc2)cc1. The molecule has 1 aliphatic rings. The predicted molar refractivity (Wildman–Crippen MR) is 109 cm³/mol. The van der Waals surface area contributed by atoms with Crippen molar-refractivity contribution in [3.05, 3.63) is 83.4 Å². The average Bonchev–Trinajstić information content (AvgIpc) is 3.07. The molecule has 4 rings (SSSR count). The number of nitrogens with zero attached hydrogens (tertiary/aromatic N) is 1. The lowest BCUT2D eigenvalue weighted by atomic mass is 10.0. The molecule has 1 amide bonds. The number of aliphatic hydroxyl groups excluding tert-OH is 1. The summed E-state index contributed by atoms with van der Waals surface area (Å²) in [5.74, 6) is 1.31. The van der Waals surface area contributed by atoms with Crippen LogP contribution in [-0.2, 0) is 4.74 Å². The number of aromatic hydroxyl groups is 1. The molecule has 1 fully saturated rings. The number of hydrogen-bond donors (Lipinski definition) is 2. The van der Waals surface area contributed by atoms with Crippen LogP contribution >= 0.6 is 11.6 Å². The maximum absolute atomic E-state index is 12.5. The van der Waals surface area contributed by atoms with Crippen LogP contribution < -0.4 is 9.64 Å². The molecule has 0 radical (unpaired) electrons. The Balaban J connectivity index is 1.61. The summed E-state index contributed by atoms with van der Waals surface area (Å²) in [6, 6.07) is 19.9. The molecule has 0 aromatic heterocycles. The van der Waals surface area contributed by atoms with Crippen molar-refractivity contribution in [1.29, 1.82) is 0 Å². The van der Waals surface area contributed by atoms with Crippen LogP contribution in [0.5, 0.6) is 17.2 Å². The summed E-state index contributed by atoms with van der Waals surface area (Å²) in [5.41, 5.74) is 1.25. The monoisotopic (exact) mass is 411 g/mol. The van der Waals surface area contributed by atoms with Crippen LogP contribution in [0, 0.1) is 0 Å². The van der Waals surface area contributed by atoms with Crippen LogP contribution in [0.2, 0.25) is 5.02 Å². The van der Waals surface area contributed by atoms with Crippen molar-refractivity contribution in [2.75, 3.05) is 11.5 Å². The van der Waals surface area contributed by atoms with Gasteiger partial charge in [-0.3, -0.25) is 4.90 Å². The smallest absolute Gasteiger partial charge is 0.415 e. The zero-order chi connectivity index (χ0) is 20.4. The number of phenolic OH excluding ortho intramolecular Hbond substituents is 1. The fourth-order valence-electron chi connectivity index (χ4n) is 3.32. The van der Waals surface area contributed by atoms with Crippen molar-refractivity contribution in [3.63, 3.8) is 0 Å². The van der Waals surface area contributed by atoms with E-state index in [-0.39, 0.29) is 12.4 Å². The third-order valence-electron chi connectivity index (χ3n) is 4.64. The normalized spacial score (nSPS) is 18.6. The lowest BCUT2D eigenvalue weighted by Gasteiger charge is -2.24. The highest BCUT2D eigenvalue weighted by molar-refractivity contribution is 6.30. The number of anilines is 1. The quantitative estimate of drug-likeness (QED) is 0.624. The molecule has 148 valence electrons. The third kappa shape index (κ3) is 3.99. The Morgan fingerprint density at radius 2 is 1.66 bits per heavy atom. The van der Waals surface area contributed by atoms with Gasteiger partial charge in [-0.2, -0.15) is 0 Å². The van der Waals surface area contributed by atoms with Crippen molar-refractivity contribution in [2.24, 2.45) is 0 Å². The van der Waals surface area contributed by atoms with Crippen molar-refractivity contribution < 1.29 is 24.5 Å². The maximum Gasteiger partial charge on any atom is 0.415 e. The Kier molecular flexibility index (Phi) is 5.29. The van der Waals surface area contributed by atoms with E-state index in [1.54, 1.807) is 72.8 Å². The molecule has 1 heterocycles. The van der Waals surface area contributed by atoms with Crippen molar-refractivity contribution in [1.82, 2.24) is 0 Å². The van der Waals surface area contributed by atoms with Crippen molar-refractivity contribution >= 4 is 23.4 Å². The number of phenols is 1. The lowest BCUT2D eigenvalue weighted by molar-refractivity contribution is 0.0829. The van der Waals surface area contributed by atoms with Gasteiger partial charge in [-0.25, -0.2) is 4.79 Å². The van der Waals surface area contributed by atoms with Crippen LogP contribution in [0.25, 0.3) is 0 Å². The Morgan fingerprint density at radius 1 is 1.00 bits per heavy atom. The summed E-state index contributed by atoms with van der Waals surface area (Å²) in [4.78, 5) is 14.0. The number of halogens is 1. The van der Waals surface area contributed by atoms with Crippen LogP contribution in [0.15, 0.2) is 72.8 Å². The van der Waals surface area contributed by atoms with Crippen LogP contribution in [0.4, 0.5) is 10.5 Å². The average molecular weight is 412 g/mol. The summed E-state index contributed by atoms with van der Waals surface area (Å²) in [6.45, 7) is -0.333. The molecular weight excluding hydrogens is 394 g/mol. The number of carbonyl (C=O) groups excluding carboxylic acids is 1. The highest BCUT2D eigenvalue weighted by atomic mass is 35.5. The number of rotatable bonds is 5. The molecule has 29 heavy (non-hydrogen) atoms. The molecule has 3 aromatic rings. The van der Waals surface area contributed by atoms with Gasteiger partial charge in [-0.15, -0.1) is 0 Å². The molecule has 2 atom stereocenters. The fourth-order valence-corrected chi connectivity index (χ4v) is 3.45.